The molecule has 2 heterocycles. The molecular formula is C17H30N4. The van der Waals surface area contributed by atoms with E-state index in [9.17, 15) is 0 Å². The SMILES string of the molecule is CCC1CN(Cc2cc(C)nn2CC)C(C)(C2CC2)CN1. The largest absolute Gasteiger partial charge is 0.311 e. The molecule has 1 aliphatic heterocycles. The van der Waals surface area contributed by atoms with E-state index in [0.29, 0.717) is 11.6 Å². The molecular weight excluding hydrogens is 260 g/mol. The van der Waals surface area contributed by atoms with Gasteiger partial charge in [-0.05, 0) is 52.0 Å². The highest BCUT2D eigenvalue weighted by molar-refractivity contribution is 5.12. The summed E-state index contributed by atoms with van der Waals surface area (Å²) in [4.78, 5) is 2.73. The lowest BCUT2D eigenvalue weighted by Crippen LogP contribution is -2.63. The molecule has 1 aromatic rings. The molecule has 1 saturated carbocycles. The number of rotatable bonds is 5. The van der Waals surface area contributed by atoms with Gasteiger partial charge in [-0.1, -0.05) is 6.92 Å². The Balaban J connectivity index is 1.81. The fourth-order valence-electron chi connectivity index (χ4n) is 3.82. The highest BCUT2D eigenvalue weighted by atomic mass is 15.3. The van der Waals surface area contributed by atoms with Gasteiger partial charge in [0.05, 0.1) is 11.4 Å². The summed E-state index contributed by atoms with van der Waals surface area (Å²) < 4.78 is 2.17. The van der Waals surface area contributed by atoms with Crippen LogP contribution in [-0.2, 0) is 13.1 Å². The quantitative estimate of drug-likeness (QED) is 0.905. The number of aryl methyl sites for hydroxylation is 2. The predicted octanol–water partition coefficient (Wildman–Crippen LogP) is 2.56. The van der Waals surface area contributed by atoms with Crippen molar-refractivity contribution < 1.29 is 0 Å². The second kappa shape index (κ2) is 5.73. The summed E-state index contributed by atoms with van der Waals surface area (Å²) in [5, 5.41) is 8.38. The summed E-state index contributed by atoms with van der Waals surface area (Å²) in [5.41, 5.74) is 2.84. The van der Waals surface area contributed by atoms with Gasteiger partial charge in [-0.15, -0.1) is 0 Å². The zero-order chi connectivity index (χ0) is 15.0. The van der Waals surface area contributed by atoms with E-state index >= 15 is 0 Å². The van der Waals surface area contributed by atoms with Gasteiger partial charge < -0.3 is 5.32 Å². The van der Waals surface area contributed by atoms with E-state index in [1.807, 2.05) is 0 Å². The molecule has 1 saturated heterocycles. The van der Waals surface area contributed by atoms with Crippen molar-refractivity contribution in [2.45, 2.75) is 71.6 Å². The number of hydrogen-bond acceptors (Lipinski definition) is 3. The molecule has 0 spiro atoms. The fraction of sp³-hybridized carbons (Fsp3) is 0.824. The van der Waals surface area contributed by atoms with Crippen molar-refractivity contribution in [2.24, 2.45) is 5.92 Å². The van der Waals surface area contributed by atoms with Gasteiger partial charge in [0.1, 0.15) is 0 Å². The first-order valence-electron chi connectivity index (χ1n) is 8.58. The minimum atomic E-state index is 0.322. The first-order chi connectivity index (χ1) is 10.1. The molecule has 0 radical (unpaired) electrons. The van der Waals surface area contributed by atoms with Crippen LogP contribution in [0.15, 0.2) is 6.07 Å². The van der Waals surface area contributed by atoms with Crippen molar-refractivity contribution in [1.29, 1.82) is 0 Å². The molecule has 3 rings (SSSR count). The van der Waals surface area contributed by atoms with E-state index in [-0.39, 0.29) is 0 Å². The third kappa shape index (κ3) is 2.88. The topological polar surface area (TPSA) is 33.1 Å². The molecule has 0 amide bonds. The third-order valence-electron chi connectivity index (χ3n) is 5.50. The van der Waals surface area contributed by atoms with Crippen molar-refractivity contribution in [3.8, 4) is 0 Å². The zero-order valence-corrected chi connectivity index (χ0v) is 14.0. The van der Waals surface area contributed by atoms with E-state index in [2.05, 4.69) is 53.8 Å². The molecule has 0 aromatic carbocycles. The van der Waals surface area contributed by atoms with Crippen LogP contribution in [0, 0.1) is 12.8 Å². The minimum Gasteiger partial charge on any atom is -0.311 e. The number of nitrogens with one attached hydrogen (secondary N) is 1. The van der Waals surface area contributed by atoms with Crippen molar-refractivity contribution in [2.75, 3.05) is 13.1 Å². The lowest BCUT2D eigenvalue weighted by atomic mass is 9.89. The Morgan fingerprint density at radius 3 is 2.76 bits per heavy atom. The first kappa shape index (κ1) is 15.0. The summed E-state index contributed by atoms with van der Waals surface area (Å²) in [6.07, 6.45) is 4.01. The van der Waals surface area contributed by atoms with Crippen LogP contribution >= 0.6 is 0 Å². The Kier molecular flexibility index (Phi) is 4.10. The number of hydrogen-bond donors (Lipinski definition) is 1. The van der Waals surface area contributed by atoms with Gasteiger partial charge in [0, 0.05) is 37.8 Å². The summed E-state index contributed by atoms with van der Waals surface area (Å²) in [7, 11) is 0. The Morgan fingerprint density at radius 2 is 2.14 bits per heavy atom. The second-order valence-corrected chi connectivity index (χ2v) is 7.09. The van der Waals surface area contributed by atoms with Gasteiger partial charge in [-0.2, -0.15) is 5.10 Å². The maximum Gasteiger partial charge on any atom is 0.0597 e. The Morgan fingerprint density at radius 1 is 1.38 bits per heavy atom. The maximum absolute atomic E-state index is 4.62. The molecule has 21 heavy (non-hydrogen) atoms. The molecule has 0 bridgehead atoms. The van der Waals surface area contributed by atoms with Crippen LogP contribution in [0.25, 0.3) is 0 Å². The molecule has 2 aliphatic rings. The van der Waals surface area contributed by atoms with Crippen LogP contribution in [0.2, 0.25) is 0 Å². The molecule has 1 N–H and O–H groups in total. The van der Waals surface area contributed by atoms with E-state index in [4.69, 9.17) is 0 Å². The van der Waals surface area contributed by atoms with Crippen molar-refractivity contribution in [1.82, 2.24) is 20.0 Å². The van der Waals surface area contributed by atoms with E-state index in [0.717, 1.165) is 37.8 Å². The molecule has 4 nitrogen and oxygen atoms in total. The third-order valence-corrected chi connectivity index (χ3v) is 5.50. The highest BCUT2D eigenvalue weighted by Crippen LogP contribution is 2.44. The summed E-state index contributed by atoms with van der Waals surface area (Å²) in [5.74, 6) is 0.877. The Bertz CT molecular complexity index is 491. The van der Waals surface area contributed by atoms with Gasteiger partial charge in [-0.25, -0.2) is 0 Å². The van der Waals surface area contributed by atoms with E-state index in [1.165, 1.54) is 25.0 Å². The van der Waals surface area contributed by atoms with Crippen LogP contribution in [0.1, 0.15) is 51.4 Å². The summed E-state index contributed by atoms with van der Waals surface area (Å²) >= 11 is 0. The lowest BCUT2D eigenvalue weighted by molar-refractivity contribution is 0.0250. The smallest absolute Gasteiger partial charge is 0.0597 e. The van der Waals surface area contributed by atoms with Crippen molar-refractivity contribution >= 4 is 0 Å². The second-order valence-electron chi connectivity index (χ2n) is 7.09. The molecule has 2 fully saturated rings. The molecule has 2 unspecified atom stereocenters. The van der Waals surface area contributed by atoms with Crippen LogP contribution in [-0.4, -0.2) is 39.4 Å². The number of piperazine rings is 1. The minimum absolute atomic E-state index is 0.322. The first-order valence-corrected chi connectivity index (χ1v) is 8.58. The Labute approximate surface area is 128 Å². The van der Waals surface area contributed by atoms with Crippen molar-refractivity contribution in [3.63, 3.8) is 0 Å². The monoisotopic (exact) mass is 290 g/mol. The fourth-order valence-corrected chi connectivity index (χ4v) is 3.82. The zero-order valence-electron chi connectivity index (χ0n) is 14.0. The maximum atomic E-state index is 4.62. The van der Waals surface area contributed by atoms with E-state index in [1.54, 1.807) is 0 Å². The van der Waals surface area contributed by atoms with Gasteiger partial charge in [0.2, 0.25) is 0 Å². The standard InChI is InChI=1S/C17H30N4/c1-5-15-10-20(17(4,12-18-15)14-7-8-14)11-16-9-13(3)19-21(16)6-2/h9,14-15,18H,5-8,10-12H2,1-4H3. The average Bonchev–Trinajstić information content (AvgIpc) is 3.26. The molecule has 1 aromatic heterocycles. The molecule has 2 atom stereocenters. The highest BCUT2D eigenvalue weighted by Gasteiger charge is 2.48. The predicted molar refractivity (Wildman–Crippen MR) is 86.3 cm³/mol. The Hall–Kier alpha value is -0.870. The van der Waals surface area contributed by atoms with Crippen molar-refractivity contribution in [3.05, 3.63) is 17.5 Å². The van der Waals surface area contributed by atoms with Crippen LogP contribution in [0.5, 0.6) is 0 Å². The van der Waals surface area contributed by atoms with Crippen LogP contribution in [0.3, 0.4) is 0 Å². The van der Waals surface area contributed by atoms with Gasteiger partial charge in [0.25, 0.3) is 0 Å². The van der Waals surface area contributed by atoms with Gasteiger partial charge >= 0.3 is 0 Å². The molecule has 4 heteroatoms. The summed E-state index contributed by atoms with van der Waals surface area (Å²) in [6, 6.07) is 2.90. The summed E-state index contributed by atoms with van der Waals surface area (Å²) in [6.45, 7) is 13.3. The van der Waals surface area contributed by atoms with Crippen LogP contribution in [0.4, 0.5) is 0 Å². The van der Waals surface area contributed by atoms with Crippen LogP contribution < -0.4 is 5.32 Å². The van der Waals surface area contributed by atoms with E-state index < -0.39 is 0 Å². The van der Waals surface area contributed by atoms with Gasteiger partial charge in [0.15, 0.2) is 0 Å². The molecule has 118 valence electrons. The van der Waals surface area contributed by atoms with Gasteiger partial charge in [-0.3, -0.25) is 9.58 Å². The molecule has 1 aliphatic carbocycles. The normalized spacial score (nSPS) is 30.8. The number of nitrogens with zero attached hydrogens (tertiary/aromatic N) is 3. The number of aromatic nitrogens is 2. The average molecular weight is 290 g/mol. The lowest BCUT2D eigenvalue weighted by Gasteiger charge is -2.48.